The second-order valence-corrected chi connectivity index (χ2v) is 6.52. The average molecular weight is 267 g/mol. The fraction of sp³-hybridized carbons (Fsp3) is 0.933. The van der Waals surface area contributed by atoms with Crippen LogP contribution < -0.4 is 10.6 Å². The van der Waals surface area contributed by atoms with Crippen LogP contribution in [0, 0.1) is 17.8 Å². The largest absolute Gasteiger partial charge is 0.354 e. The Morgan fingerprint density at radius 2 is 1.95 bits per heavy atom. The first kappa shape index (κ1) is 14.8. The highest BCUT2D eigenvalue weighted by atomic mass is 16.1. The van der Waals surface area contributed by atoms with Gasteiger partial charge in [-0.25, -0.2) is 0 Å². The van der Waals surface area contributed by atoms with Gasteiger partial charge in [0.15, 0.2) is 0 Å². The normalized spacial score (nSPS) is 25.6. The molecule has 0 bridgehead atoms. The highest BCUT2D eigenvalue weighted by molar-refractivity contribution is 5.78. The van der Waals surface area contributed by atoms with Gasteiger partial charge in [0.05, 0.1) is 0 Å². The lowest BCUT2D eigenvalue weighted by Crippen LogP contribution is -2.51. The molecule has 19 heavy (non-hydrogen) atoms. The number of nitrogens with zero attached hydrogens (tertiary/aromatic N) is 1. The van der Waals surface area contributed by atoms with Gasteiger partial charge in [0.1, 0.15) is 0 Å². The van der Waals surface area contributed by atoms with E-state index in [1.807, 2.05) is 6.92 Å². The Balaban J connectivity index is 1.67. The number of carbonyl (C=O) groups excluding carboxylic acids is 1. The molecule has 2 fully saturated rings. The molecule has 1 amide bonds. The Hall–Kier alpha value is -0.610. The molecule has 4 nitrogen and oxygen atoms in total. The van der Waals surface area contributed by atoms with Crippen molar-refractivity contribution in [1.29, 1.82) is 0 Å². The molecule has 110 valence electrons. The summed E-state index contributed by atoms with van der Waals surface area (Å²) in [5.74, 6) is 1.77. The maximum atomic E-state index is 12.1. The number of nitrogens with one attached hydrogen (secondary N) is 2. The second kappa shape index (κ2) is 6.71. The number of hydrogen-bond donors (Lipinski definition) is 2. The van der Waals surface area contributed by atoms with Gasteiger partial charge in [-0.3, -0.25) is 9.69 Å². The van der Waals surface area contributed by atoms with Crippen LogP contribution in [0.2, 0.25) is 0 Å². The van der Waals surface area contributed by atoms with Crippen LogP contribution in [0.1, 0.15) is 33.6 Å². The summed E-state index contributed by atoms with van der Waals surface area (Å²) in [6.07, 6.45) is 2.59. The topological polar surface area (TPSA) is 44.4 Å². The van der Waals surface area contributed by atoms with E-state index in [-0.39, 0.29) is 11.8 Å². The second-order valence-electron chi connectivity index (χ2n) is 6.52. The zero-order valence-corrected chi connectivity index (χ0v) is 12.6. The molecule has 0 spiro atoms. The van der Waals surface area contributed by atoms with Gasteiger partial charge in [-0.15, -0.1) is 0 Å². The van der Waals surface area contributed by atoms with Crippen molar-refractivity contribution in [3.8, 4) is 0 Å². The number of likely N-dealkylation sites (tertiary alicyclic amines) is 1. The third-order valence-corrected chi connectivity index (χ3v) is 4.95. The molecule has 2 N–H and O–H groups in total. The lowest BCUT2D eigenvalue weighted by Gasteiger charge is -2.36. The summed E-state index contributed by atoms with van der Waals surface area (Å²) in [5, 5.41) is 6.36. The van der Waals surface area contributed by atoms with Crippen molar-refractivity contribution in [3.05, 3.63) is 0 Å². The molecule has 0 radical (unpaired) electrons. The number of amides is 1. The van der Waals surface area contributed by atoms with E-state index in [0.717, 1.165) is 25.6 Å². The molecule has 2 saturated heterocycles. The van der Waals surface area contributed by atoms with Gasteiger partial charge in [0.25, 0.3) is 0 Å². The van der Waals surface area contributed by atoms with Crippen LogP contribution in [0.25, 0.3) is 0 Å². The summed E-state index contributed by atoms with van der Waals surface area (Å²) >= 11 is 0. The van der Waals surface area contributed by atoms with Gasteiger partial charge < -0.3 is 10.6 Å². The minimum absolute atomic E-state index is 0.148. The SMILES string of the molecule is CC1CCN(C(C)CNC(=O)C(C)C2CNC2)CC1. The predicted molar refractivity (Wildman–Crippen MR) is 78.0 cm³/mol. The number of hydrogen-bond acceptors (Lipinski definition) is 3. The van der Waals surface area contributed by atoms with Crippen molar-refractivity contribution in [2.75, 3.05) is 32.7 Å². The Kier molecular flexibility index (Phi) is 5.22. The average Bonchev–Trinajstić information content (AvgIpc) is 2.34. The zero-order chi connectivity index (χ0) is 13.8. The summed E-state index contributed by atoms with van der Waals surface area (Å²) in [6, 6.07) is 0.461. The standard InChI is InChI=1S/C15H29N3O/c1-11-4-6-18(7-5-11)12(2)8-17-15(19)13(3)14-9-16-10-14/h11-14,16H,4-10H2,1-3H3,(H,17,19). The molecule has 0 aromatic heterocycles. The fourth-order valence-corrected chi connectivity index (χ4v) is 2.89. The van der Waals surface area contributed by atoms with Crippen molar-refractivity contribution < 1.29 is 4.79 Å². The van der Waals surface area contributed by atoms with Gasteiger partial charge in [-0.1, -0.05) is 13.8 Å². The third-order valence-electron chi connectivity index (χ3n) is 4.95. The van der Waals surface area contributed by atoms with E-state index in [9.17, 15) is 4.79 Å². The van der Waals surface area contributed by atoms with Crippen molar-refractivity contribution in [2.45, 2.75) is 39.7 Å². The smallest absolute Gasteiger partial charge is 0.223 e. The minimum atomic E-state index is 0.148. The first-order chi connectivity index (χ1) is 9.08. The van der Waals surface area contributed by atoms with E-state index < -0.39 is 0 Å². The summed E-state index contributed by atoms with van der Waals surface area (Å²) in [4.78, 5) is 14.6. The molecule has 0 aliphatic carbocycles. The summed E-state index contributed by atoms with van der Waals surface area (Å²) in [6.45, 7) is 11.7. The molecule has 2 aliphatic heterocycles. The van der Waals surface area contributed by atoms with Gasteiger partial charge in [-0.2, -0.15) is 0 Å². The van der Waals surface area contributed by atoms with Gasteiger partial charge in [0.2, 0.25) is 5.91 Å². The number of piperidine rings is 1. The molecule has 2 aliphatic rings. The summed E-state index contributed by atoms with van der Waals surface area (Å²) < 4.78 is 0. The Morgan fingerprint density at radius 1 is 1.32 bits per heavy atom. The van der Waals surface area contributed by atoms with Gasteiger partial charge in [-0.05, 0) is 57.8 Å². The maximum Gasteiger partial charge on any atom is 0.223 e. The zero-order valence-electron chi connectivity index (χ0n) is 12.6. The number of rotatable bonds is 5. The van der Waals surface area contributed by atoms with Crippen LogP contribution >= 0.6 is 0 Å². The monoisotopic (exact) mass is 267 g/mol. The molecule has 0 aromatic carbocycles. The van der Waals surface area contributed by atoms with Crippen molar-refractivity contribution in [2.24, 2.45) is 17.8 Å². The first-order valence-corrected chi connectivity index (χ1v) is 7.80. The van der Waals surface area contributed by atoms with E-state index in [0.29, 0.717) is 12.0 Å². The van der Waals surface area contributed by atoms with Crippen LogP contribution in [0.4, 0.5) is 0 Å². The fourth-order valence-electron chi connectivity index (χ4n) is 2.89. The third kappa shape index (κ3) is 3.93. The maximum absolute atomic E-state index is 12.1. The molecule has 0 saturated carbocycles. The van der Waals surface area contributed by atoms with E-state index in [2.05, 4.69) is 29.4 Å². The van der Waals surface area contributed by atoms with Gasteiger partial charge in [0, 0.05) is 18.5 Å². The van der Waals surface area contributed by atoms with Crippen LogP contribution in [0.15, 0.2) is 0 Å². The molecule has 4 heteroatoms. The quantitative estimate of drug-likeness (QED) is 0.783. The van der Waals surface area contributed by atoms with Crippen LogP contribution in [0.3, 0.4) is 0 Å². The number of carbonyl (C=O) groups is 1. The minimum Gasteiger partial charge on any atom is -0.354 e. The van der Waals surface area contributed by atoms with Crippen molar-refractivity contribution >= 4 is 5.91 Å². The first-order valence-electron chi connectivity index (χ1n) is 7.80. The summed E-state index contributed by atoms with van der Waals surface area (Å²) in [5.41, 5.74) is 0. The molecule has 2 unspecified atom stereocenters. The van der Waals surface area contributed by atoms with Gasteiger partial charge >= 0.3 is 0 Å². The molecule has 2 rings (SSSR count). The van der Waals surface area contributed by atoms with Crippen molar-refractivity contribution in [1.82, 2.24) is 15.5 Å². The Labute approximate surface area is 117 Å². The lowest BCUT2D eigenvalue weighted by molar-refractivity contribution is -0.126. The van der Waals surface area contributed by atoms with E-state index in [4.69, 9.17) is 0 Å². The van der Waals surface area contributed by atoms with Crippen molar-refractivity contribution in [3.63, 3.8) is 0 Å². The molecule has 0 aromatic rings. The Bertz CT molecular complexity index is 296. The summed E-state index contributed by atoms with van der Waals surface area (Å²) in [7, 11) is 0. The highest BCUT2D eigenvalue weighted by Gasteiger charge is 2.29. The van der Waals surface area contributed by atoms with Crippen LogP contribution in [-0.2, 0) is 4.79 Å². The van der Waals surface area contributed by atoms with Crippen LogP contribution in [0.5, 0.6) is 0 Å². The highest BCUT2D eigenvalue weighted by Crippen LogP contribution is 2.18. The van der Waals surface area contributed by atoms with E-state index in [1.165, 1.54) is 25.9 Å². The van der Waals surface area contributed by atoms with E-state index >= 15 is 0 Å². The molecule has 2 heterocycles. The molecular formula is C15H29N3O. The molecular weight excluding hydrogens is 238 g/mol. The Morgan fingerprint density at radius 3 is 2.47 bits per heavy atom. The molecule has 2 atom stereocenters. The lowest BCUT2D eigenvalue weighted by atomic mass is 9.88. The van der Waals surface area contributed by atoms with E-state index in [1.54, 1.807) is 0 Å². The predicted octanol–water partition coefficient (Wildman–Crippen LogP) is 1.08. The van der Waals surface area contributed by atoms with Crippen LogP contribution in [-0.4, -0.2) is 49.6 Å².